The van der Waals surface area contributed by atoms with Crippen molar-refractivity contribution >= 4 is 17.5 Å². The Balaban J connectivity index is 1.40. The highest BCUT2D eigenvalue weighted by Crippen LogP contribution is 2.42. The van der Waals surface area contributed by atoms with Crippen LogP contribution in [0.15, 0.2) is 42.5 Å². The fourth-order valence-electron chi connectivity index (χ4n) is 4.61. The number of carbonyl (C=O) groups is 2. The summed E-state index contributed by atoms with van der Waals surface area (Å²) in [5.74, 6) is -0.293. The second-order valence-corrected chi connectivity index (χ2v) is 7.29. The second-order valence-electron chi connectivity index (χ2n) is 7.29. The van der Waals surface area contributed by atoms with Crippen molar-refractivity contribution in [1.29, 1.82) is 0 Å². The molecular formula is C21H20N2O2. The molecule has 3 aliphatic rings. The minimum atomic E-state index is -0.361. The number of carbonyl (C=O) groups excluding carboxylic acids is 2. The largest absolute Gasteiger partial charge is 0.352 e. The Kier molecular flexibility index (Phi) is 3.20. The molecule has 1 unspecified atom stereocenters. The Morgan fingerprint density at radius 2 is 1.68 bits per heavy atom. The predicted octanol–water partition coefficient (Wildman–Crippen LogP) is 2.35. The van der Waals surface area contributed by atoms with Crippen LogP contribution in [0, 0.1) is 0 Å². The molecule has 0 spiro atoms. The fraction of sp³-hybridized carbons (Fsp3) is 0.333. The number of para-hydroxylation sites is 1. The molecule has 2 amide bonds. The van der Waals surface area contributed by atoms with E-state index in [9.17, 15) is 9.59 Å². The lowest BCUT2D eigenvalue weighted by molar-refractivity contribution is -0.127. The van der Waals surface area contributed by atoms with E-state index in [1.54, 1.807) is 0 Å². The summed E-state index contributed by atoms with van der Waals surface area (Å²) in [6.45, 7) is 0.747. The Morgan fingerprint density at radius 3 is 2.44 bits per heavy atom. The molecule has 1 N–H and O–H groups in total. The predicted molar refractivity (Wildman–Crippen MR) is 95.6 cm³/mol. The summed E-state index contributed by atoms with van der Waals surface area (Å²) in [6.07, 6.45) is 2.92. The molecule has 2 heterocycles. The fourth-order valence-corrected chi connectivity index (χ4v) is 4.61. The van der Waals surface area contributed by atoms with Crippen LogP contribution >= 0.6 is 0 Å². The molecule has 126 valence electrons. The van der Waals surface area contributed by atoms with Gasteiger partial charge in [0, 0.05) is 19.0 Å². The smallest absolute Gasteiger partial charge is 0.228 e. The number of fused-ring (bicyclic) bond motifs is 1. The molecule has 0 saturated carbocycles. The average Bonchev–Trinajstić information content (AvgIpc) is 3.22. The van der Waals surface area contributed by atoms with Crippen molar-refractivity contribution in [2.45, 2.75) is 37.6 Å². The highest BCUT2D eigenvalue weighted by atomic mass is 16.2. The van der Waals surface area contributed by atoms with Crippen LogP contribution in [0.1, 0.15) is 34.6 Å². The highest BCUT2D eigenvalue weighted by molar-refractivity contribution is 6.04. The Labute approximate surface area is 146 Å². The maximum absolute atomic E-state index is 13.0. The van der Waals surface area contributed by atoms with Crippen LogP contribution in [0.5, 0.6) is 0 Å². The number of nitrogens with zero attached hydrogens (tertiary/aromatic N) is 1. The maximum atomic E-state index is 13.0. The van der Waals surface area contributed by atoms with Gasteiger partial charge in [0.1, 0.15) is 0 Å². The normalized spacial score (nSPS) is 21.2. The first kappa shape index (κ1) is 14.7. The van der Waals surface area contributed by atoms with Crippen LogP contribution in [0.2, 0.25) is 0 Å². The molecule has 0 bridgehead atoms. The highest BCUT2D eigenvalue weighted by Gasteiger charge is 2.39. The molecule has 0 radical (unpaired) electrons. The molecule has 1 atom stereocenters. The SMILES string of the molecule is O=C(NC1Cc2ccccc2C1)C1CC(=O)N2CCc3cccc1c32. The summed E-state index contributed by atoms with van der Waals surface area (Å²) in [5.41, 5.74) is 5.84. The average molecular weight is 332 g/mol. The lowest BCUT2D eigenvalue weighted by atomic mass is 9.88. The van der Waals surface area contributed by atoms with Gasteiger partial charge in [0.15, 0.2) is 0 Å². The van der Waals surface area contributed by atoms with Crippen molar-refractivity contribution in [2.24, 2.45) is 0 Å². The molecular weight excluding hydrogens is 312 g/mol. The molecule has 4 heteroatoms. The van der Waals surface area contributed by atoms with Gasteiger partial charge >= 0.3 is 0 Å². The van der Waals surface area contributed by atoms with Crippen molar-refractivity contribution in [3.05, 3.63) is 64.7 Å². The van der Waals surface area contributed by atoms with Crippen molar-refractivity contribution in [1.82, 2.24) is 5.32 Å². The lowest BCUT2D eigenvalue weighted by Gasteiger charge is -2.31. The lowest BCUT2D eigenvalue weighted by Crippen LogP contribution is -2.43. The molecule has 0 saturated heterocycles. The van der Waals surface area contributed by atoms with Gasteiger partial charge in [-0.05, 0) is 41.5 Å². The number of amides is 2. The van der Waals surface area contributed by atoms with Crippen LogP contribution < -0.4 is 10.2 Å². The van der Waals surface area contributed by atoms with Crippen LogP contribution in [-0.4, -0.2) is 24.4 Å². The van der Waals surface area contributed by atoms with Gasteiger partial charge in [0.05, 0.1) is 11.6 Å². The molecule has 5 rings (SSSR count). The van der Waals surface area contributed by atoms with E-state index in [2.05, 4.69) is 23.5 Å². The van der Waals surface area contributed by atoms with Crippen molar-refractivity contribution in [3.8, 4) is 0 Å². The first-order valence-electron chi connectivity index (χ1n) is 9.00. The van der Waals surface area contributed by atoms with Gasteiger partial charge in [-0.15, -0.1) is 0 Å². The van der Waals surface area contributed by atoms with Crippen molar-refractivity contribution in [3.63, 3.8) is 0 Å². The zero-order valence-electron chi connectivity index (χ0n) is 14.0. The number of benzene rings is 2. The quantitative estimate of drug-likeness (QED) is 0.918. The summed E-state index contributed by atoms with van der Waals surface area (Å²) in [4.78, 5) is 27.3. The second kappa shape index (κ2) is 5.45. The molecule has 2 aliphatic heterocycles. The minimum absolute atomic E-state index is 0.00824. The van der Waals surface area contributed by atoms with Gasteiger partial charge in [-0.25, -0.2) is 0 Å². The Hall–Kier alpha value is -2.62. The number of anilines is 1. The van der Waals surface area contributed by atoms with Gasteiger partial charge in [-0.1, -0.05) is 42.5 Å². The number of hydrogen-bond acceptors (Lipinski definition) is 2. The topological polar surface area (TPSA) is 49.4 Å². The van der Waals surface area contributed by atoms with E-state index in [0.29, 0.717) is 0 Å². The zero-order chi connectivity index (χ0) is 17.0. The van der Waals surface area contributed by atoms with Gasteiger partial charge in [-0.3, -0.25) is 9.59 Å². The van der Waals surface area contributed by atoms with Gasteiger partial charge in [0.25, 0.3) is 0 Å². The van der Waals surface area contributed by atoms with E-state index in [0.717, 1.165) is 37.1 Å². The third-order valence-electron chi connectivity index (χ3n) is 5.79. The van der Waals surface area contributed by atoms with E-state index in [4.69, 9.17) is 0 Å². The molecule has 4 nitrogen and oxygen atoms in total. The van der Waals surface area contributed by atoms with Gasteiger partial charge in [0.2, 0.25) is 11.8 Å². The summed E-state index contributed by atoms with van der Waals surface area (Å²) in [5, 5.41) is 3.20. The first-order valence-corrected chi connectivity index (χ1v) is 9.00. The monoisotopic (exact) mass is 332 g/mol. The van der Waals surface area contributed by atoms with Crippen LogP contribution in [-0.2, 0) is 28.9 Å². The van der Waals surface area contributed by atoms with Crippen molar-refractivity contribution < 1.29 is 9.59 Å². The minimum Gasteiger partial charge on any atom is -0.352 e. The summed E-state index contributed by atoms with van der Waals surface area (Å²) in [6, 6.07) is 14.6. The molecule has 2 aromatic carbocycles. The Bertz CT molecular complexity index is 864. The molecule has 2 aromatic rings. The molecule has 0 fully saturated rings. The van der Waals surface area contributed by atoms with E-state index >= 15 is 0 Å². The zero-order valence-corrected chi connectivity index (χ0v) is 14.0. The summed E-state index contributed by atoms with van der Waals surface area (Å²) < 4.78 is 0. The van der Waals surface area contributed by atoms with Crippen LogP contribution in [0.25, 0.3) is 0 Å². The number of nitrogens with one attached hydrogen (secondary N) is 1. The standard InChI is InChI=1S/C21H20N2O2/c24-19-12-18(17-7-3-6-13-8-9-23(19)20(13)17)21(25)22-16-10-14-4-1-2-5-15(14)11-16/h1-7,16,18H,8-12H2,(H,22,25). The van der Waals surface area contributed by atoms with Crippen LogP contribution in [0.3, 0.4) is 0 Å². The maximum Gasteiger partial charge on any atom is 0.228 e. The number of rotatable bonds is 2. The number of hydrogen-bond donors (Lipinski definition) is 1. The third-order valence-corrected chi connectivity index (χ3v) is 5.79. The molecule has 1 aliphatic carbocycles. The van der Waals surface area contributed by atoms with Gasteiger partial charge < -0.3 is 10.2 Å². The summed E-state index contributed by atoms with van der Waals surface area (Å²) >= 11 is 0. The third kappa shape index (κ3) is 2.28. The summed E-state index contributed by atoms with van der Waals surface area (Å²) in [7, 11) is 0. The first-order chi connectivity index (χ1) is 12.2. The van der Waals surface area contributed by atoms with Crippen LogP contribution in [0.4, 0.5) is 5.69 Å². The van der Waals surface area contributed by atoms with Gasteiger partial charge in [-0.2, -0.15) is 0 Å². The van der Waals surface area contributed by atoms with E-state index in [-0.39, 0.29) is 30.2 Å². The van der Waals surface area contributed by atoms with Crippen molar-refractivity contribution in [2.75, 3.05) is 11.4 Å². The van der Waals surface area contributed by atoms with E-state index in [1.165, 1.54) is 16.7 Å². The van der Waals surface area contributed by atoms with E-state index in [1.807, 2.05) is 29.2 Å². The Morgan fingerprint density at radius 1 is 0.960 bits per heavy atom. The molecule has 0 aromatic heterocycles. The van der Waals surface area contributed by atoms with E-state index < -0.39 is 0 Å². The molecule has 25 heavy (non-hydrogen) atoms.